The number of nitrogens with zero attached hydrogens (tertiary/aromatic N) is 1. The van der Waals surface area contributed by atoms with Gasteiger partial charge in [-0.05, 0) is 30.7 Å². The summed E-state index contributed by atoms with van der Waals surface area (Å²) < 4.78 is 35.2. The Morgan fingerprint density at radius 3 is 2.64 bits per heavy atom. The first-order chi connectivity index (χ1) is 10.5. The second-order valence-corrected chi connectivity index (χ2v) is 6.87. The van der Waals surface area contributed by atoms with Crippen molar-refractivity contribution in [2.75, 3.05) is 10.8 Å². The average Bonchev–Trinajstić information content (AvgIpc) is 2.46. The molecule has 0 unspecified atom stereocenters. The van der Waals surface area contributed by atoms with Crippen LogP contribution in [-0.4, -0.2) is 14.2 Å². The maximum absolute atomic E-state index is 12.1. The number of hydrogen-bond donors (Lipinski definition) is 0. The molecule has 0 spiro atoms. The van der Waals surface area contributed by atoms with Crippen LogP contribution in [0.15, 0.2) is 42.5 Å². The molecule has 2 aromatic rings. The number of ether oxygens (including phenoxy) is 1. The third kappa shape index (κ3) is 2.77. The molecule has 0 saturated heterocycles. The average molecular weight is 340 g/mol. The van der Waals surface area contributed by atoms with Gasteiger partial charge in [-0.15, -0.1) is 4.28 Å². The van der Waals surface area contributed by atoms with Crippen molar-refractivity contribution in [3.63, 3.8) is 0 Å². The third-order valence-electron chi connectivity index (χ3n) is 3.10. The van der Waals surface area contributed by atoms with Crippen LogP contribution in [0.5, 0.6) is 11.5 Å². The van der Waals surface area contributed by atoms with Crippen LogP contribution in [0.2, 0.25) is 5.02 Å². The van der Waals surface area contributed by atoms with Crippen molar-refractivity contribution in [3.05, 3.63) is 47.5 Å². The molecule has 0 aliphatic carbocycles. The highest BCUT2D eigenvalue weighted by Gasteiger charge is 2.30. The van der Waals surface area contributed by atoms with Gasteiger partial charge in [0.2, 0.25) is 0 Å². The summed E-state index contributed by atoms with van der Waals surface area (Å²) in [4.78, 5) is 0. The summed E-state index contributed by atoms with van der Waals surface area (Å²) in [5.41, 5.74) is 0.866. The number of para-hydroxylation sites is 3. The lowest BCUT2D eigenvalue weighted by Gasteiger charge is -2.31. The first kappa shape index (κ1) is 15.1. The zero-order chi connectivity index (χ0) is 15.7. The minimum absolute atomic E-state index is 0.0771. The molecule has 7 heteroatoms. The Morgan fingerprint density at radius 2 is 1.86 bits per heavy atom. The molecule has 0 fully saturated rings. The number of fused-ring (bicyclic) bond motifs is 2. The molecule has 1 heterocycles. The van der Waals surface area contributed by atoms with Crippen LogP contribution in [0.25, 0.3) is 0 Å². The van der Waals surface area contributed by atoms with Gasteiger partial charge >= 0.3 is 0 Å². The summed E-state index contributed by atoms with van der Waals surface area (Å²) in [6.07, 6.45) is 0.462. The largest absolute Gasteiger partial charge is 0.453 e. The Morgan fingerprint density at radius 1 is 1.14 bits per heavy atom. The topological polar surface area (TPSA) is 55.8 Å². The standard InChI is InChI=1S/C15H14ClNO4S/c1-2-10-22(18,19)21-17-12-7-3-4-8-13(12)20-14-9-5-6-11(16)15(14)17/h3-9H,2,10H2,1H3. The van der Waals surface area contributed by atoms with Crippen LogP contribution in [0.4, 0.5) is 11.4 Å². The maximum atomic E-state index is 12.1. The van der Waals surface area contributed by atoms with E-state index in [1.165, 1.54) is 5.06 Å². The molecule has 0 aromatic heterocycles. The molecule has 22 heavy (non-hydrogen) atoms. The predicted octanol–water partition coefficient (Wildman–Crippen LogP) is 4.26. The second-order valence-electron chi connectivity index (χ2n) is 4.79. The van der Waals surface area contributed by atoms with Crippen LogP contribution in [0.3, 0.4) is 0 Å². The molecule has 3 rings (SSSR count). The van der Waals surface area contributed by atoms with E-state index < -0.39 is 10.1 Å². The summed E-state index contributed by atoms with van der Waals surface area (Å²) in [6.45, 7) is 1.77. The van der Waals surface area contributed by atoms with E-state index in [1.54, 1.807) is 49.4 Å². The van der Waals surface area contributed by atoms with Gasteiger partial charge in [-0.1, -0.05) is 36.7 Å². The van der Waals surface area contributed by atoms with E-state index in [0.717, 1.165) is 0 Å². The number of benzene rings is 2. The molecule has 1 aliphatic rings. The Balaban J connectivity index is 2.12. The van der Waals surface area contributed by atoms with E-state index in [9.17, 15) is 8.42 Å². The lowest BCUT2D eigenvalue weighted by atomic mass is 10.2. The molecule has 0 amide bonds. The number of hydrogen-bond acceptors (Lipinski definition) is 5. The molecule has 0 bridgehead atoms. The van der Waals surface area contributed by atoms with Gasteiger partial charge in [0.1, 0.15) is 11.4 Å². The van der Waals surface area contributed by atoms with Crippen molar-refractivity contribution >= 4 is 33.1 Å². The number of halogens is 1. The van der Waals surface area contributed by atoms with E-state index in [2.05, 4.69) is 0 Å². The molecule has 2 aromatic carbocycles. The van der Waals surface area contributed by atoms with E-state index >= 15 is 0 Å². The lowest BCUT2D eigenvalue weighted by molar-refractivity contribution is 0.308. The number of anilines is 2. The molecular formula is C15H14ClNO4S. The van der Waals surface area contributed by atoms with Crippen molar-refractivity contribution in [2.24, 2.45) is 0 Å². The summed E-state index contributed by atoms with van der Waals surface area (Å²) in [7, 11) is -3.72. The summed E-state index contributed by atoms with van der Waals surface area (Å²) in [6, 6.07) is 12.1. The van der Waals surface area contributed by atoms with Crippen molar-refractivity contribution in [1.29, 1.82) is 0 Å². The van der Waals surface area contributed by atoms with E-state index in [0.29, 0.717) is 34.3 Å². The van der Waals surface area contributed by atoms with Gasteiger partial charge in [-0.3, -0.25) is 0 Å². The highest BCUT2D eigenvalue weighted by Crippen LogP contribution is 2.49. The Labute approximate surface area is 134 Å². The van der Waals surface area contributed by atoms with E-state index in [-0.39, 0.29) is 5.75 Å². The van der Waals surface area contributed by atoms with Crippen LogP contribution in [-0.2, 0) is 14.4 Å². The Hall–Kier alpha value is -1.76. The van der Waals surface area contributed by atoms with Crippen LogP contribution >= 0.6 is 11.6 Å². The zero-order valence-corrected chi connectivity index (χ0v) is 13.4. The highest BCUT2D eigenvalue weighted by atomic mass is 35.5. The van der Waals surface area contributed by atoms with Gasteiger partial charge in [0.05, 0.1) is 10.8 Å². The summed E-state index contributed by atoms with van der Waals surface area (Å²) in [5.74, 6) is 0.869. The fraction of sp³-hybridized carbons (Fsp3) is 0.200. The Bertz CT molecular complexity index is 807. The molecule has 116 valence electrons. The van der Waals surface area contributed by atoms with Crippen LogP contribution in [0, 0.1) is 0 Å². The van der Waals surface area contributed by atoms with E-state index in [4.69, 9.17) is 20.6 Å². The van der Waals surface area contributed by atoms with Gasteiger partial charge in [0, 0.05) is 0 Å². The molecule has 0 atom stereocenters. The van der Waals surface area contributed by atoms with Gasteiger partial charge in [-0.25, -0.2) is 0 Å². The zero-order valence-electron chi connectivity index (χ0n) is 11.8. The lowest BCUT2D eigenvalue weighted by Crippen LogP contribution is -2.27. The van der Waals surface area contributed by atoms with Gasteiger partial charge in [0.15, 0.2) is 11.5 Å². The molecule has 0 saturated carbocycles. The van der Waals surface area contributed by atoms with Crippen molar-refractivity contribution in [1.82, 2.24) is 0 Å². The minimum Gasteiger partial charge on any atom is -0.453 e. The van der Waals surface area contributed by atoms with Crippen LogP contribution < -0.4 is 9.80 Å². The second kappa shape index (κ2) is 5.79. The predicted molar refractivity (Wildman–Crippen MR) is 85.3 cm³/mol. The van der Waals surface area contributed by atoms with Gasteiger partial charge in [0.25, 0.3) is 10.1 Å². The molecule has 5 nitrogen and oxygen atoms in total. The smallest absolute Gasteiger partial charge is 0.288 e. The van der Waals surface area contributed by atoms with Crippen molar-refractivity contribution in [2.45, 2.75) is 13.3 Å². The fourth-order valence-corrected chi connectivity index (χ4v) is 3.40. The van der Waals surface area contributed by atoms with Crippen molar-refractivity contribution in [3.8, 4) is 11.5 Å². The highest BCUT2D eigenvalue weighted by molar-refractivity contribution is 7.86. The third-order valence-corrected chi connectivity index (χ3v) is 4.69. The van der Waals surface area contributed by atoms with Crippen molar-refractivity contribution < 1.29 is 17.4 Å². The number of rotatable bonds is 4. The summed E-state index contributed by atoms with van der Waals surface area (Å²) >= 11 is 6.21. The maximum Gasteiger partial charge on any atom is 0.288 e. The quantitative estimate of drug-likeness (QED) is 0.833. The molecule has 0 radical (unpaired) electrons. The monoisotopic (exact) mass is 339 g/mol. The fourth-order valence-electron chi connectivity index (χ4n) is 2.20. The normalized spacial score (nSPS) is 13.3. The van der Waals surface area contributed by atoms with Crippen LogP contribution in [0.1, 0.15) is 13.3 Å². The van der Waals surface area contributed by atoms with Gasteiger partial charge < -0.3 is 4.74 Å². The van der Waals surface area contributed by atoms with E-state index in [1.807, 2.05) is 0 Å². The Kier molecular flexibility index (Phi) is 3.99. The van der Waals surface area contributed by atoms with Gasteiger partial charge in [-0.2, -0.15) is 13.5 Å². The first-order valence-corrected chi connectivity index (χ1v) is 8.75. The molecule has 1 aliphatic heterocycles. The molecular weight excluding hydrogens is 326 g/mol. The first-order valence-electron chi connectivity index (χ1n) is 6.79. The summed E-state index contributed by atoms with van der Waals surface area (Å²) in [5, 5.41) is 1.57. The SMILES string of the molecule is CCCS(=O)(=O)ON1c2ccccc2Oc2cccc(Cl)c21. The molecule has 0 N–H and O–H groups in total. The minimum atomic E-state index is -3.72.